The van der Waals surface area contributed by atoms with Crippen LogP contribution >= 0.6 is 35.0 Å². The molecule has 0 aliphatic carbocycles. The Morgan fingerprint density at radius 2 is 1.97 bits per heavy atom. The molecule has 4 rings (SSSR count). The van der Waals surface area contributed by atoms with Gasteiger partial charge in [0.25, 0.3) is 0 Å². The van der Waals surface area contributed by atoms with Gasteiger partial charge < -0.3 is 24.3 Å². The topological polar surface area (TPSA) is 81.5 Å². The van der Waals surface area contributed by atoms with Crippen LogP contribution in [0.15, 0.2) is 47.6 Å². The molecular weight excluding hydrogens is 485 g/mol. The quantitative estimate of drug-likeness (QED) is 0.456. The molecule has 8 nitrogen and oxygen atoms in total. The Bertz CT molecular complexity index is 1120. The number of amides is 1. The first-order valence-corrected chi connectivity index (χ1v) is 12.1. The van der Waals surface area contributed by atoms with Gasteiger partial charge in [0.05, 0.1) is 35.4 Å². The average molecular weight is 508 g/mol. The molecule has 1 aromatic heterocycles. The third-order valence-corrected chi connectivity index (χ3v) is 6.59. The number of hydrogen-bond donors (Lipinski definition) is 1. The first-order chi connectivity index (χ1) is 16.0. The second-order valence-corrected chi connectivity index (χ2v) is 9.06. The van der Waals surface area contributed by atoms with Crippen LogP contribution in [0, 0.1) is 0 Å². The highest BCUT2D eigenvalue weighted by molar-refractivity contribution is 7.99. The minimum absolute atomic E-state index is 0.116. The minimum atomic E-state index is -0.116. The van der Waals surface area contributed by atoms with Crippen molar-refractivity contribution in [3.63, 3.8) is 0 Å². The van der Waals surface area contributed by atoms with E-state index >= 15 is 0 Å². The van der Waals surface area contributed by atoms with Gasteiger partial charge in [-0.05, 0) is 30.3 Å². The fraction of sp³-hybridized carbons (Fsp3) is 0.318. The van der Waals surface area contributed by atoms with Gasteiger partial charge in [-0.25, -0.2) is 0 Å². The van der Waals surface area contributed by atoms with E-state index in [4.69, 9.17) is 32.7 Å². The van der Waals surface area contributed by atoms with Gasteiger partial charge in [0.2, 0.25) is 5.91 Å². The Kier molecular flexibility index (Phi) is 7.97. The van der Waals surface area contributed by atoms with Crippen LogP contribution in [0.5, 0.6) is 5.75 Å². The minimum Gasteiger partial charge on any atom is -0.484 e. The summed E-state index contributed by atoms with van der Waals surface area (Å²) >= 11 is 13.4. The Morgan fingerprint density at radius 3 is 2.76 bits per heavy atom. The van der Waals surface area contributed by atoms with E-state index in [-0.39, 0.29) is 18.3 Å². The van der Waals surface area contributed by atoms with Gasteiger partial charge in [0.1, 0.15) is 12.4 Å². The summed E-state index contributed by atoms with van der Waals surface area (Å²) in [6, 6.07) is 12.8. The number of benzene rings is 2. The summed E-state index contributed by atoms with van der Waals surface area (Å²) in [6.07, 6.45) is 0. The lowest BCUT2D eigenvalue weighted by Gasteiger charge is -2.30. The van der Waals surface area contributed by atoms with Gasteiger partial charge in [0.15, 0.2) is 11.0 Å². The molecule has 1 N–H and O–H groups in total. The molecule has 0 spiro atoms. The fourth-order valence-corrected chi connectivity index (χ4v) is 4.50. The standard InChI is InChI=1S/C22H23Cl2N5O3S/c1-28-20(13-32-19-7-6-15(23)12-16(19)24)26-27-22(28)33-14-21(30)25-17-4-2-3-5-18(17)29-8-10-31-11-9-29/h2-7,12H,8-11,13-14H2,1H3,(H,25,30). The van der Waals surface area contributed by atoms with Crippen molar-refractivity contribution in [2.45, 2.75) is 11.8 Å². The number of rotatable bonds is 8. The fourth-order valence-electron chi connectivity index (χ4n) is 3.31. The van der Waals surface area contributed by atoms with E-state index in [1.807, 2.05) is 31.3 Å². The van der Waals surface area contributed by atoms with Crippen LogP contribution in [0.3, 0.4) is 0 Å². The molecule has 1 aliphatic heterocycles. The number of para-hydroxylation sites is 2. The molecule has 2 aromatic carbocycles. The van der Waals surface area contributed by atoms with Crippen LogP contribution in [-0.2, 0) is 23.2 Å². The third kappa shape index (κ3) is 6.11. The highest BCUT2D eigenvalue weighted by atomic mass is 35.5. The first kappa shape index (κ1) is 23.7. The molecule has 11 heteroatoms. The van der Waals surface area contributed by atoms with E-state index in [2.05, 4.69) is 20.4 Å². The Balaban J connectivity index is 1.32. The molecule has 174 valence electrons. The second kappa shape index (κ2) is 11.1. The molecule has 1 fully saturated rings. The SMILES string of the molecule is Cn1c(COc2ccc(Cl)cc2Cl)nnc1SCC(=O)Nc1ccccc1N1CCOCC1. The number of aromatic nitrogens is 3. The zero-order chi connectivity index (χ0) is 23.2. The molecule has 3 aromatic rings. The monoisotopic (exact) mass is 507 g/mol. The van der Waals surface area contributed by atoms with E-state index in [1.165, 1.54) is 11.8 Å². The summed E-state index contributed by atoms with van der Waals surface area (Å²) in [7, 11) is 1.83. The van der Waals surface area contributed by atoms with Crippen molar-refractivity contribution in [3.05, 3.63) is 58.3 Å². The molecule has 1 amide bonds. The number of ether oxygens (including phenoxy) is 2. The smallest absolute Gasteiger partial charge is 0.234 e. The number of hydrogen-bond acceptors (Lipinski definition) is 7. The van der Waals surface area contributed by atoms with Crippen molar-refractivity contribution < 1.29 is 14.3 Å². The Labute approximate surface area is 206 Å². The number of carbonyl (C=O) groups is 1. The summed E-state index contributed by atoms with van der Waals surface area (Å²) in [4.78, 5) is 14.8. The molecule has 1 aliphatic rings. The number of morpholine rings is 1. The Morgan fingerprint density at radius 1 is 1.18 bits per heavy atom. The largest absolute Gasteiger partial charge is 0.484 e. The normalized spacial score (nSPS) is 13.7. The lowest BCUT2D eigenvalue weighted by Crippen LogP contribution is -2.36. The third-order valence-electron chi connectivity index (χ3n) is 5.04. The van der Waals surface area contributed by atoms with Gasteiger partial charge in [-0.2, -0.15) is 0 Å². The molecule has 0 unspecified atom stereocenters. The van der Waals surface area contributed by atoms with Crippen molar-refractivity contribution in [2.24, 2.45) is 7.05 Å². The van der Waals surface area contributed by atoms with Gasteiger partial charge in [-0.15, -0.1) is 10.2 Å². The maximum Gasteiger partial charge on any atom is 0.234 e. The molecular formula is C22H23Cl2N5O3S. The lowest BCUT2D eigenvalue weighted by atomic mass is 10.2. The van der Waals surface area contributed by atoms with Crippen LogP contribution < -0.4 is 15.0 Å². The van der Waals surface area contributed by atoms with Crippen LogP contribution in [0.2, 0.25) is 10.0 Å². The summed E-state index contributed by atoms with van der Waals surface area (Å²) < 4.78 is 13.0. The van der Waals surface area contributed by atoms with Gasteiger partial charge >= 0.3 is 0 Å². The predicted octanol–water partition coefficient (Wildman–Crippen LogP) is 4.27. The van der Waals surface area contributed by atoms with Crippen LogP contribution in [-0.4, -0.2) is 52.7 Å². The van der Waals surface area contributed by atoms with Crippen LogP contribution in [0.4, 0.5) is 11.4 Å². The average Bonchev–Trinajstić information content (AvgIpc) is 3.17. The molecule has 33 heavy (non-hydrogen) atoms. The predicted molar refractivity (Wildman–Crippen MR) is 131 cm³/mol. The van der Waals surface area contributed by atoms with Crippen LogP contribution in [0.1, 0.15) is 5.82 Å². The van der Waals surface area contributed by atoms with Crippen LogP contribution in [0.25, 0.3) is 0 Å². The van der Waals surface area contributed by atoms with Gasteiger partial charge in [-0.1, -0.05) is 47.1 Å². The molecule has 0 atom stereocenters. The molecule has 0 radical (unpaired) electrons. The van der Waals surface area contributed by atoms with Crippen molar-refractivity contribution in [1.82, 2.24) is 14.8 Å². The van der Waals surface area contributed by atoms with Crippen molar-refractivity contribution in [2.75, 3.05) is 42.3 Å². The number of nitrogens with zero attached hydrogens (tertiary/aromatic N) is 4. The first-order valence-electron chi connectivity index (χ1n) is 10.3. The highest BCUT2D eigenvalue weighted by Gasteiger charge is 2.17. The number of halogens is 2. The van der Waals surface area contributed by atoms with E-state index in [0.29, 0.717) is 40.0 Å². The summed E-state index contributed by atoms with van der Waals surface area (Å²) in [5, 5.41) is 12.9. The number of carbonyl (C=O) groups excluding carboxylic acids is 1. The second-order valence-electron chi connectivity index (χ2n) is 7.27. The maximum absolute atomic E-state index is 12.6. The molecule has 0 saturated carbocycles. The summed E-state index contributed by atoms with van der Waals surface area (Å²) in [5.41, 5.74) is 1.79. The number of thioether (sulfide) groups is 1. The Hall–Kier alpha value is -2.46. The van der Waals surface area contributed by atoms with Gasteiger partial charge in [0, 0.05) is 25.2 Å². The van der Waals surface area contributed by atoms with E-state index < -0.39 is 0 Å². The molecule has 2 heterocycles. The number of nitrogens with one attached hydrogen (secondary N) is 1. The van der Waals surface area contributed by atoms with Crippen molar-refractivity contribution in [3.8, 4) is 5.75 Å². The summed E-state index contributed by atoms with van der Waals surface area (Å²) in [6.45, 7) is 3.14. The van der Waals surface area contributed by atoms with Crippen molar-refractivity contribution >= 4 is 52.2 Å². The van der Waals surface area contributed by atoms with Crippen molar-refractivity contribution in [1.29, 1.82) is 0 Å². The zero-order valence-corrected chi connectivity index (χ0v) is 20.3. The number of anilines is 2. The van der Waals surface area contributed by atoms with E-state index in [1.54, 1.807) is 22.8 Å². The van der Waals surface area contributed by atoms with Gasteiger partial charge in [-0.3, -0.25) is 4.79 Å². The molecule has 0 bridgehead atoms. The lowest BCUT2D eigenvalue weighted by molar-refractivity contribution is -0.113. The zero-order valence-electron chi connectivity index (χ0n) is 18.0. The van der Waals surface area contributed by atoms with E-state index in [0.717, 1.165) is 24.5 Å². The highest BCUT2D eigenvalue weighted by Crippen LogP contribution is 2.29. The maximum atomic E-state index is 12.6. The molecule has 1 saturated heterocycles. The summed E-state index contributed by atoms with van der Waals surface area (Å²) in [5.74, 6) is 1.21. The van der Waals surface area contributed by atoms with E-state index in [9.17, 15) is 4.79 Å².